The van der Waals surface area contributed by atoms with Crippen LogP contribution in [0.4, 0.5) is 5.82 Å². The van der Waals surface area contributed by atoms with Gasteiger partial charge in [-0.05, 0) is 42.3 Å². The van der Waals surface area contributed by atoms with Gasteiger partial charge in [0.15, 0.2) is 5.76 Å². The predicted octanol–water partition coefficient (Wildman–Crippen LogP) is 3.63. The Morgan fingerprint density at radius 1 is 1.32 bits per heavy atom. The van der Waals surface area contributed by atoms with E-state index in [0.29, 0.717) is 24.8 Å². The third kappa shape index (κ3) is 4.17. The van der Waals surface area contributed by atoms with Crippen LogP contribution in [0, 0.1) is 12.8 Å². The number of amides is 1. The van der Waals surface area contributed by atoms with Gasteiger partial charge in [-0.2, -0.15) is 0 Å². The maximum absolute atomic E-state index is 11.9. The number of rotatable bonds is 7. The SMILES string of the molecule is Cc1nc(NCCNC(=O)c2ccco2)c2c(CC(C)C)csc2n1. The second-order valence-electron chi connectivity index (χ2n) is 6.32. The van der Waals surface area contributed by atoms with Gasteiger partial charge in [0.2, 0.25) is 0 Å². The largest absolute Gasteiger partial charge is 0.459 e. The Balaban J connectivity index is 1.68. The fraction of sp³-hybridized carbons (Fsp3) is 0.389. The molecule has 0 fully saturated rings. The smallest absolute Gasteiger partial charge is 0.287 e. The van der Waals surface area contributed by atoms with Crippen molar-refractivity contribution < 1.29 is 9.21 Å². The monoisotopic (exact) mass is 358 g/mol. The lowest BCUT2D eigenvalue weighted by Crippen LogP contribution is -2.28. The van der Waals surface area contributed by atoms with Crippen molar-refractivity contribution in [2.24, 2.45) is 5.92 Å². The maximum Gasteiger partial charge on any atom is 0.287 e. The summed E-state index contributed by atoms with van der Waals surface area (Å²) in [6.07, 6.45) is 2.48. The minimum atomic E-state index is -0.216. The van der Waals surface area contributed by atoms with E-state index < -0.39 is 0 Å². The lowest BCUT2D eigenvalue weighted by atomic mass is 10.0. The zero-order valence-corrected chi connectivity index (χ0v) is 15.4. The first-order valence-electron chi connectivity index (χ1n) is 8.35. The van der Waals surface area contributed by atoms with Crippen LogP contribution in [0.2, 0.25) is 0 Å². The van der Waals surface area contributed by atoms with Gasteiger partial charge in [-0.25, -0.2) is 9.97 Å². The van der Waals surface area contributed by atoms with E-state index in [4.69, 9.17) is 4.42 Å². The zero-order chi connectivity index (χ0) is 17.8. The van der Waals surface area contributed by atoms with Gasteiger partial charge in [-0.15, -0.1) is 11.3 Å². The van der Waals surface area contributed by atoms with Crippen LogP contribution >= 0.6 is 11.3 Å². The lowest BCUT2D eigenvalue weighted by molar-refractivity contribution is 0.0927. The van der Waals surface area contributed by atoms with E-state index >= 15 is 0 Å². The minimum Gasteiger partial charge on any atom is -0.459 e. The van der Waals surface area contributed by atoms with Crippen LogP contribution in [-0.2, 0) is 6.42 Å². The van der Waals surface area contributed by atoms with Gasteiger partial charge in [0.05, 0.1) is 11.6 Å². The number of hydrogen-bond acceptors (Lipinski definition) is 6. The first-order valence-corrected chi connectivity index (χ1v) is 9.23. The van der Waals surface area contributed by atoms with Crippen LogP contribution in [0.3, 0.4) is 0 Å². The van der Waals surface area contributed by atoms with E-state index in [1.165, 1.54) is 11.8 Å². The Morgan fingerprint density at radius 3 is 2.88 bits per heavy atom. The van der Waals surface area contributed by atoms with E-state index in [1.54, 1.807) is 23.5 Å². The average Bonchev–Trinajstić information content (AvgIpc) is 3.21. The first kappa shape index (κ1) is 17.4. The van der Waals surface area contributed by atoms with E-state index in [2.05, 4.69) is 39.8 Å². The summed E-state index contributed by atoms with van der Waals surface area (Å²) in [6.45, 7) is 7.36. The highest BCUT2D eigenvalue weighted by molar-refractivity contribution is 7.17. The van der Waals surface area contributed by atoms with Crippen LogP contribution in [0.15, 0.2) is 28.2 Å². The Hall–Kier alpha value is -2.41. The molecule has 0 radical (unpaired) electrons. The average molecular weight is 358 g/mol. The van der Waals surface area contributed by atoms with Crippen molar-refractivity contribution in [2.75, 3.05) is 18.4 Å². The van der Waals surface area contributed by atoms with Gasteiger partial charge in [-0.1, -0.05) is 13.8 Å². The van der Waals surface area contributed by atoms with E-state index in [0.717, 1.165) is 28.3 Å². The second kappa shape index (κ2) is 7.65. The molecule has 0 aliphatic heterocycles. The third-order valence-corrected chi connectivity index (χ3v) is 4.62. The standard InChI is InChI=1S/C18H22N4O2S/c1-11(2)9-13-10-25-18-15(13)16(21-12(3)22-18)19-6-7-20-17(23)14-5-4-8-24-14/h4-5,8,10-11H,6-7,9H2,1-3H3,(H,20,23)(H,19,21,22). The van der Waals surface area contributed by atoms with Gasteiger partial charge < -0.3 is 15.1 Å². The van der Waals surface area contributed by atoms with Crippen molar-refractivity contribution >= 4 is 33.3 Å². The summed E-state index contributed by atoms with van der Waals surface area (Å²) in [5.74, 6) is 2.25. The Labute approximate surface area is 150 Å². The highest BCUT2D eigenvalue weighted by Crippen LogP contribution is 2.31. The van der Waals surface area contributed by atoms with E-state index in [1.807, 2.05) is 6.92 Å². The van der Waals surface area contributed by atoms with Gasteiger partial charge >= 0.3 is 0 Å². The van der Waals surface area contributed by atoms with E-state index in [-0.39, 0.29) is 5.91 Å². The van der Waals surface area contributed by atoms with Crippen LogP contribution < -0.4 is 10.6 Å². The number of hydrogen-bond donors (Lipinski definition) is 2. The van der Waals surface area contributed by atoms with Crippen molar-refractivity contribution in [3.63, 3.8) is 0 Å². The molecule has 7 heteroatoms. The molecule has 132 valence electrons. The second-order valence-corrected chi connectivity index (χ2v) is 7.18. The van der Waals surface area contributed by atoms with Crippen molar-refractivity contribution in [1.82, 2.24) is 15.3 Å². The molecule has 6 nitrogen and oxygen atoms in total. The molecule has 0 bridgehead atoms. The molecule has 0 atom stereocenters. The number of anilines is 1. The highest BCUT2D eigenvalue weighted by Gasteiger charge is 2.14. The summed E-state index contributed by atoms with van der Waals surface area (Å²) in [5, 5.41) is 9.43. The van der Waals surface area contributed by atoms with Crippen LogP contribution in [-0.4, -0.2) is 29.0 Å². The molecule has 0 aliphatic carbocycles. The molecule has 2 N–H and O–H groups in total. The zero-order valence-electron chi connectivity index (χ0n) is 14.6. The van der Waals surface area contributed by atoms with Gasteiger partial charge in [-0.3, -0.25) is 4.79 Å². The molecule has 0 unspecified atom stereocenters. The summed E-state index contributed by atoms with van der Waals surface area (Å²) in [6, 6.07) is 3.34. The third-order valence-electron chi connectivity index (χ3n) is 3.70. The molecule has 3 heterocycles. The summed E-state index contributed by atoms with van der Waals surface area (Å²) in [4.78, 5) is 22.0. The number of aromatic nitrogens is 2. The molecular weight excluding hydrogens is 336 g/mol. The quantitative estimate of drug-likeness (QED) is 0.630. The van der Waals surface area contributed by atoms with Crippen LogP contribution in [0.5, 0.6) is 0 Å². The van der Waals surface area contributed by atoms with E-state index in [9.17, 15) is 4.79 Å². The summed E-state index contributed by atoms with van der Waals surface area (Å²) >= 11 is 1.65. The predicted molar refractivity (Wildman–Crippen MR) is 100 cm³/mol. The van der Waals surface area contributed by atoms with Crippen LogP contribution in [0.25, 0.3) is 10.2 Å². The lowest BCUT2D eigenvalue weighted by Gasteiger charge is -2.10. The summed E-state index contributed by atoms with van der Waals surface area (Å²) in [5.41, 5.74) is 1.28. The number of carbonyl (C=O) groups is 1. The summed E-state index contributed by atoms with van der Waals surface area (Å²) < 4.78 is 5.07. The number of furan rings is 1. The normalized spacial score (nSPS) is 11.2. The fourth-order valence-electron chi connectivity index (χ4n) is 2.68. The molecule has 25 heavy (non-hydrogen) atoms. The van der Waals surface area contributed by atoms with Crippen molar-refractivity contribution in [3.8, 4) is 0 Å². The molecule has 3 aromatic rings. The highest BCUT2D eigenvalue weighted by atomic mass is 32.1. The number of aryl methyl sites for hydroxylation is 1. The molecule has 0 aromatic carbocycles. The molecule has 0 spiro atoms. The minimum absolute atomic E-state index is 0.216. The maximum atomic E-state index is 11.9. The molecule has 1 amide bonds. The van der Waals surface area contributed by atoms with Crippen molar-refractivity contribution in [1.29, 1.82) is 0 Å². The fourth-order valence-corrected chi connectivity index (χ4v) is 3.68. The first-order chi connectivity index (χ1) is 12.0. The molecule has 3 rings (SSSR count). The van der Waals surface area contributed by atoms with Gasteiger partial charge in [0.25, 0.3) is 5.91 Å². The number of fused-ring (bicyclic) bond motifs is 1. The Bertz CT molecular complexity index is 855. The topological polar surface area (TPSA) is 80.0 Å². The van der Waals surface area contributed by atoms with Crippen molar-refractivity contribution in [3.05, 3.63) is 40.9 Å². The Kier molecular flexibility index (Phi) is 5.33. The molecular formula is C18H22N4O2S. The van der Waals surface area contributed by atoms with Crippen molar-refractivity contribution in [2.45, 2.75) is 27.2 Å². The number of carbonyl (C=O) groups excluding carboxylic acids is 1. The van der Waals surface area contributed by atoms with Gasteiger partial charge in [0, 0.05) is 13.1 Å². The number of nitrogens with one attached hydrogen (secondary N) is 2. The number of nitrogens with zero attached hydrogens (tertiary/aromatic N) is 2. The number of thiophene rings is 1. The van der Waals surface area contributed by atoms with Gasteiger partial charge in [0.1, 0.15) is 16.5 Å². The molecule has 3 aromatic heterocycles. The van der Waals surface area contributed by atoms with Crippen LogP contribution in [0.1, 0.15) is 35.8 Å². The molecule has 0 saturated heterocycles. The summed E-state index contributed by atoms with van der Waals surface area (Å²) in [7, 11) is 0. The molecule has 0 aliphatic rings. The molecule has 0 saturated carbocycles. The Morgan fingerprint density at radius 2 is 2.16 bits per heavy atom.